The summed E-state index contributed by atoms with van der Waals surface area (Å²) in [5.41, 5.74) is 3.07. The summed E-state index contributed by atoms with van der Waals surface area (Å²) in [6.45, 7) is 5.00. The van der Waals surface area contributed by atoms with Crippen molar-refractivity contribution in [2.75, 3.05) is 33.3 Å². The van der Waals surface area contributed by atoms with Crippen LogP contribution in [0.4, 0.5) is 0 Å². The summed E-state index contributed by atoms with van der Waals surface area (Å²) in [6, 6.07) is 7.30. The highest BCUT2D eigenvalue weighted by Gasteiger charge is 2.40. The van der Waals surface area contributed by atoms with Gasteiger partial charge in [0.05, 0.1) is 7.11 Å². The third-order valence-corrected chi connectivity index (χ3v) is 5.49. The number of methoxy groups -OCH3 is 1. The van der Waals surface area contributed by atoms with Gasteiger partial charge in [-0.1, -0.05) is 6.07 Å². The van der Waals surface area contributed by atoms with Crippen molar-refractivity contribution >= 4 is 0 Å². The van der Waals surface area contributed by atoms with E-state index in [0.29, 0.717) is 6.04 Å². The monoisotopic (exact) mass is 272 g/mol. The summed E-state index contributed by atoms with van der Waals surface area (Å²) in [5.74, 6) is 2.77. The van der Waals surface area contributed by atoms with Gasteiger partial charge in [0, 0.05) is 19.1 Å². The number of hydrogen-bond donors (Lipinski definition) is 1. The van der Waals surface area contributed by atoms with Crippen molar-refractivity contribution in [2.24, 2.45) is 11.8 Å². The van der Waals surface area contributed by atoms with Crippen LogP contribution in [0.15, 0.2) is 18.2 Å². The molecule has 4 rings (SSSR count). The number of ether oxygens (including phenoxy) is 1. The average Bonchev–Trinajstić information content (AvgIpc) is 3.07. The van der Waals surface area contributed by atoms with E-state index in [2.05, 4.69) is 28.4 Å². The molecule has 1 aliphatic carbocycles. The molecule has 3 aliphatic rings. The lowest BCUT2D eigenvalue weighted by Crippen LogP contribution is -2.32. The normalized spacial score (nSPS) is 33.0. The Kier molecular flexibility index (Phi) is 3.20. The van der Waals surface area contributed by atoms with E-state index in [1.807, 2.05) is 0 Å². The molecule has 3 unspecified atom stereocenters. The quantitative estimate of drug-likeness (QED) is 0.893. The number of likely N-dealkylation sites (tertiary alicyclic amines) is 1. The van der Waals surface area contributed by atoms with Crippen LogP contribution < -0.4 is 10.1 Å². The van der Waals surface area contributed by atoms with E-state index in [0.717, 1.165) is 17.6 Å². The number of fused-ring (bicyclic) bond motifs is 2. The number of rotatable bonds is 2. The van der Waals surface area contributed by atoms with E-state index in [4.69, 9.17) is 4.74 Å². The molecule has 2 saturated heterocycles. The van der Waals surface area contributed by atoms with Crippen LogP contribution >= 0.6 is 0 Å². The highest BCUT2D eigenvalue weighted by atomic mass is 16.5. The Bertz CT molecular complexity index is 490. The highest BCUT2D eigenvalue weighted by molar-refractivity contribution is 5.39. The largest absolute Gasteiger partial charge is 0.497 e. The molecule has 0 bridgehead atoms. The topological polar surface area (TPSA) is 24.5 Å². The first-order valence-corrected chi connectivity index (χ1v) is 7.96. The number of aryl methyl sites for hydroxylation is 1. The van der Waals surface area contributed by atoms with Crippen LogP contribution in [0.5, 0.6) is 5.75 Å². The molecule has 0 amide bonds. The minimum atomic E-state index is 0.624. The van der Waals surface area contributed by atoms with Gasteiger partial charge in [0.1, 0.15) is 5.75 Å². The summed E-state index contributed by atoms with van der Waals surface area (Å²) < 4.78 is 5.44. The molecule has 2 heterocycles. The second-order valence-electron chi connectivity index (χ2n) is 6.61. The van der Waals surface area contributed by atoms with Crippen LogP contribution in [-0.2, 0) is 6.42 Å². The Morgan fingerprint density at radius 3 is 2.75 bits per heavy atom. The number of hydrogen-bond acceptors (Lipinski definition) is 3. The van der Waals surface area contributed by atoms with E-state index < -0.39 is 0 Å². The van der Waals surface area contributed by atoms with Gasteiger partial charge >= 0.3 is 0 Å². The second-order valence-corrected chi connectivity index (χ2v) is 6.61. The smallest absolute Gasteiger partial charge is 0.119 e. The van der Waals surface area contributed by atoms with E-state index in [9.17, 15) is 0 Å². The van der Waals surface area contributed by atoms with Crippen LogP contribution in [0, 0.1) is 11.8 Å². The maximum Gasteiger partial charge on any atom is 0.119 e. The molecule has 3 nitrogen and oxygen atoms in total. The molecule has 0 radical (unpaired) electrons. The Hall–Kier alpha value is -1.06. The molecular weight excluding hydrogens is 248 g/mol. The molecule has 2 fully saturated rings. The lowest BCUT2D eigenvalue weighted by atomic mass is 9.86. The summed E-state index contributed by atoms with van der Waals surface area (Å²) >= 11 is 0. The summed E-state index contributed by atoms with van der Waals surface area (Å²) in [6.07, 6.45) is 3.87. The van der Waals surface area contributed by atoms with Gasteiger partial charge in [-0.15, -0.1) is 0 Å². The lowest BCUT2D eigenvalue weighted by molar-refractivity contribution is 0.206. The fourth-order valence-electron chi connectivity index (χ4n) is 4.40. The lowest BCUT2D eigenvalue weighted by Gasteiger charge is -2.34. The Labute approximate surface area is 121 Å². The van der Waals surface area contributed by atoms with Gasteiger partial charge in [-0.25, -0.2) is 0 Å². The van der Waals surface area contributed by atoms with E-state index in [1.165, 1.54) is 56.6 Å². The van der Waals surface area contributed by atoms with E-state index in [1.54, 1.807) is 7.11 Å². The zero-order valence-corrected chi connectivity index (χ0v) is 12.3. The van der Waals surface area contributed by atoms with Crippen LogP contribution in [0.25, 0.3) is 0 Å². The first-order valence-electron chi connectivity index (χ1n) is 7.96. The molecule has 3 heteroatoms. The van der Waals surface area contributed by atoms with Gasteiger partial charge in [-0.2, -0.15) is 0 Å². The third kappa shape index (κ3) is 2.04. The molecule has 20 heavy (non-hydrogen) atoms. The van der Waals surface area contributed by atoms with Crippen LogP contribution in [0.1, 0.15) is 30.0 Å². The standard InChI is InChI=1S/C17H24N2O/c1-20-15-6-5-12-3-2-4-17(16(12)7-15)19-10-13-8-18-9-14(13)11-19/h5-7,13-14,17-18H,2-4,8-11H2,1H3. The van der Waals surface area contributed by atoms with Crippen molar-refractivity contribution < 1.29 is 4.74 Å². The zero-order chi connectivity index (χ0) is 13.5. The van der Waals surface area contributed by atoms with Gasteiger partial charge < -0.3 is 10.1 Å². The van der Waals surface area contributed by atoms with Gasteiger partial charge in [0.2, 0.25) is 0 Å². The molecule has 1 N–H and O–H groups in total. The SMILES string of the molecule is COc1ccc2c(c1)C(N1CC3CNCC3C1)CCC2. The van der Waals surface area contributed by atoms with Gasteiger partial charge in [0.15, 0.2) is 0 Å². The van der Waals surface area contributed by atoms with E-state index in [-0.39, 0.29) is 0 Å². The molecule has 0 saturated carbocycles. The Balaban J connectivity index is 1.61. The van der Waals surface area contributed by atoms with Crippen molar-refractivity contribution in [1.29, 1.82) is 0 Å². The van der Waals surface area contributed by atoms with E-state index >= 15 is 0 Å². The fourth-order valence-corrected chi connectivity index (χ4v) is 4.40. The van der Waals surface area contributed by atoms with Crippen molar-refractivity contribution in [1.82, 2.24) is 10.2 Å². The van der Waals surface area contributed by atoms with Crippen LogP contribution in [0.2, 0.25) is 0 Å². The Morgan fingerprint density at radius 2 is 2.00 bits per heavy atom. The van der Waals surface area contributed by atoms with Crippen molar-refractivity contribution in [3.63, 3.8) is 0 Å². The number of benzene rings is 1. The van der Waals surface area contributed by atoms with Crippen molar-refractivity contribution in [2.45, 2.75) is 25.3 Å². The van der Waals surface area contributed by atoms with Gasteiger partial charge in [0.25, 0.3) is 0 Å². The average molecular weight is 272 g/mol. The first kappa shape index (κ1) is 12.7. The van der Waals surface area contributed by atoms with Crippen LogP contribution in [0.3, 0.4) is 0 Å². The molecule has 1 aromatic carbocycles. The fraction of sp³-hybridized carbons (Fsp3) is 0.647. The molecule has 3 atom stereocenters. The number of nitrogens with one attached hydrogen (secondary N) is 1. The second kappa shape index (κ2) is 5.05. The molecule has 1 aromatic rings. The highest BCUT2D eigenvalue weighted by Crippen LogP contribution is 2.40. The molecular formula is C17H24N2O. The molecule has 0 spiro atoms. The zero-order valence-electron chi connectivity index (χ0n) is 12.3. The van der Waals surface area contributed by atoms with Crippen molar-refractivity contribution in [3.05, 3.63) is 29.3 Å². The van der Waals surface area contributed by atoms with Gasteiger partial charge in [-0.05, 0) is 67.4 Å². The third-order valence-electron chi connectivity index (χ3n) is 5.49. The predicted octanol–water partition coefficient (Wildman–Crippen LogP) is 2.22. The minimum absolute atomic E-state index is 0.624. The molecule has 108 valence electrons. The van der Waals surface area contributed by atoms with Gasteiger partial charge in [-0.3, -0.25) is 4.90 Å². The number of nitrogens with zero attached hydrogens (tertiary/aromatic N) is 1. The van der Waals surface area contributed by atoms with Crippen molar-refractivity contribution in [3.8, 4) is 5.75 Å². The molecule has 0 aromatic heterocycles. The maximum atomic E-state index is 5.44. The molecule has 2 aliphatic heterocycles. The Morgan fingerprint density at radius 1 is 1.20 bits per heavy atom. The minimum Gasteiger partial charge on any atom is -0.497 e. The summed E-state index contributed by atoms with van der Waals surface area (Å²) in [5, 5.41) is 3.54. The first-order chi connectivity index (χ1) is 9.85. The summed E-state index contributed by atoms with van der Waals surface area (Å²) in [4.78, 5) is 2.74. The maximum absolute atomic E-state index is 5.44. The summed E-state index contributed by atoms with van der Waals surface area (Å²) in [7, 11) is 1.77. The van der Waals surface area contributed by atoms with Crippen LogP contribution in [-0.4, -0.2) is 38.2 Å². The predicted molar refractivity (Wildman–Crippen MR) is 80.1 cm³/mol.